The Balaban J connectivity index is 2.39. The molecule has 0 aliphatic heterocycles. The van der Waals surface area contributed by atoms with Crippen LogP contribution in [0.3, 0.4) is 0 Å². The molecule has 2 rings (SSSR count). The van der Waals surface area contributed by atoms with Gasteiger partial charge in [-0.15, -0.1) is 0 Å². The zero-order valence-corrected chi connectivity index (χ0v) is 19.3. The highest BCUT2D eigenvalue weighted by molar-refractivity contribution is 6.32. The Morgan fingerprint density at radius 3 is 2.03 bits per heavy atom. The molecule has 0 aliphatic carbocycles. The van der Waals surface area contributed by atoms with E-state index in [-0.39, 0.29) is 28.0 Å². The molecule has 0 spiro atoms. The number of hydrogen-bond acceptors (Lipinski definition) is 8. The number of carbonyl (C=O) groups is 2. The van der Waals surface area contributed by atoms with Crippen molar-refractivity contribution in [3.8, 4) is 11.5 Å². The first-order chi connectivity index (χ1) is 14.7. The fourth-order valence-corrected chi connectivity index (χ4v) is 2.49. The van der Waals surface area contributed by atoms with E-state index >= 15 is 0 Å². The number of amides is 2. The second-order valence-corrected chi connectivity index (χ2v) is 9.03. The van der Waals surface area contributed by atoms with Gasteiger partial charge in [-0.2, -0.15) is 4.90 Å². The normalized spacial score (nSPS) is 11.5. The second kappa shape index (κ2) is 9.39. The van der Waals surface area contributed by atoms with E-state index in [4.69, 9.17) is 25.8 Å². The van der Waals surface area contributed by atoms with Crippen LogP contribution in [0.15, 0.2) is 36.5 Å². The van der Waals surface area contributed by atoms with Crippen LogP contribution in [0.1, 0.15) is 41.5 Å². The maximum atomic E-state index is 12.7. The van der Waals surface area contributed by atoms with E-state index in [1.54, 1.807) is 41.5 Å². The number of nitro benzene ring substituents is 1. The number of rotatable bonds is 4. The highest BCUT2D eigenvalue weighted by Crippen LogP contribution is 2.33. The SMILES string of the molecule is CC(C)(C)OC(=O)N(C(=O)OC(C)(C)C)c1cc(Oc2ccc([N+](=O)[O-])cc2Cl)ccn1. The minimum absolute atomic E-state index is 0.00806. The first-order valence-corrected chi connectivity index (χ1v) is 9.88. The van der Waals surface area contributed by atoms with Crippen LogP contribution in [0.2, 0.25) is 5.02 Å². The molecule has 0 N–H and O–H groups in total. The number of benzene rings is 1. The molecular weight excluding hydrogens is 442 g/mol. The molecule has 0 fully saturated rings. The number of ether oxygens (including phenoxy) is 3. The fourth-order valence-electron chi connectivity index (χ4n) is 2.28. The summed E-state index contributed by atoms with van der Waals surface area (Å²) in [5.41, 5.74) is -1.95. The van der Waals surface area contributed by atoms with Crippen molar-refractivity contribution in [2.75, 3.05) is 4.90 Å². The summed E-state index contributed by atoms with van der Waals surface area (Å²) in [6.45, 7) is 9.93. The molecule has 0 bridgehead atoms. The third kappa shape index (κ3) is 7.09. The Bertz CT molecular complexity index is 1000. The van der Waals surface area contributed by atoms with Crippen molar-refractivity contribution in [3.05, 3.63) is 51.7 Å². The zero-order valence-electron chi connectivity index (χ0n) is 18.5. The van der Waals surface area contributed by atoms with Crippen LogP contribution in [-0.2, 0) is 9.47 Å². The molecule has 0 atom stereocenters. The van der Waals surface area contributed by atoms with Gasteiger partial charge in [-0.1, -0.05) is 11.6 Å². The van der Waals surface area contributed by atoms with Gasteiger partial charge in [0.15, 0.2) is 5.82 Å². The topological polar surface area (TPSA) is 121 Å². The minimum atomic E-state index is -0.982. The smallest absolute Gasteiger partial charge is 0.425 e. The van der Waals surface area contributed by atoms with Crippen LogP contribution in [0.5, 0.6) is 11.5 Å². The summed E-state index contributed by atoms with van der Waals surface area (Å²) in [5.74, 6) is 0.197. The lowest BCUT2D eigenvalue weighted by molar-refractivity contribution is -0.384. The molecular formula is C21H24ClN3O7. The van der Waals surface area contributed by atoms with Gasteiger partial charge >= 0.3 is 12.2 Å². The van der Waals surface area contributed by atoms with Crippen LogP contribution in [0.4, 0.5) is 21.1 Å². The van der Waals surface area contributed by atoms with Gasteiger partial charge in [-0.05, 0) is 53.7 Å². The van der Waals surface area contributed by atoms with Gasteiger partial charge in [0.25, 0.3) is 5.69 Å². The molecule has 0 aliphatic rings. The van der Waals surface area contributed by atoms with E-state index in [1.807, 2.05) is 0 Å². The minimum Gasteiger partial charge on any atom is -0.456 e. The third-order valence-corrected chi connectivity index (χ3v) is 3.75. The maximum Gasteiger partial charge on any atom is 0.425 e. The van der Waals surface area contributed by atoms with Gasteiger partial charge in [0.1, 0.15) is 22.7 Å². The average Bonchev–Trinajstić information content (AvgIpc) is 2.60. The molecule has 0 saturated carbocycles. The molecule has 2 aromatic rings. The van der Waals surface area contributed by atoms with Crippen LogP contribution >= 0.6 is 11.6 Å². The number of nitrogens with zero attached hydrogens (tertiary/aromatic N) is 3. The summed E-state index contributed by atoms with van der Waals surface area (Å²) in [4.78, 5) is 40.5. The third-order valence-electron chi connectivity index (χ3n) is 3.45. The lowest BCUT2D eigenvalue weighted by Gasteiger charge is -2.28. The molecule has 11 heteroatoms. The number of pyridine rings is 1. The van der Waals surface area contributed by atoms with E-state index in [0.717, 1.165) is 6.07 Å². The van der Waals surface area contributed by atoms with E-state index in [9.17, 15) is 19.7 Å². The molecule has 0 saturated heterocycles. The quantitative estimate of drug-likeness (QED) is 0.391. The number of nitro groups is 1. The molecule has 1 heterocycles. The van der Waals surface area contributed by atoms with Gasteiger partial charge in [0.2, 0.25) is 0 Å². The van der Waals surface area contributed by atoms with Crippen molar-refractivity contribution in [1.82, 2.24) is 4.98 Å². The number of carbonyl (C=O) groups excluding carboxylic acids is 2. The first-order valence-electron chi connectivity index (χ1n) is 9.50. The van der Waals surface area contributed by atoms with Crippen molar-refractivity contribution in [3.63, 3.8) is 0 Å². The molecule has 1 aromatic heterocycles. The number of aromatic nitrogens is 1. The molecule has 1 aromatic carbocycles. The van der Waals surface area contributed by atoms with Crippen molar-refractivity contribution < 1.29 is 28.7 Å². The van der Waals surface area contributed by atoms with Gasteiger partial charge < -0.3 is 14.2 Å². The Morgan fingerprint density at radius 1 is 1.00 bits per heavy atom. The number of halogens is 1. The van der Waals surface area contributed by atoms with Gasteiger partial charge in [0.05, 0.1) is 9.95 Å². The number of anilines is 1. The van der Waals surface area contributed by atoms with Crippen molar-refractivity contribution >= 4 is 35.3 Å². The van der Waals surface area contributed by atoms with Crippen molar-refractivity contribution in [2.24, 2.45) is 0 Å². The van der Waals surface area contributed by atoms with Gasteiger partial charge in [-0.25, -0.2) is 14.6 Å². The number of non-ortho nitro benzene ring substituents is 1. The van der Waals surface area contributed by atoms with Crippen LogP contribution in [0.25, 0.3) is 0 Å². The summed E-state index contributed by atoms with van der Waals surface area (Å²) in [6, 6.07) is 6.49. The Labute approximate surface area is 190 Å². The first kappa shape index (κ1) is 24.9. The number of imide groups is 1. The lowest BCUT2D eigenvalue weighted by Crippen LogP contribution is -2.44. The van der Waals surface area contributed by atoms with Crippen LogP contribution in [-0.4, -0.2) is 33.3 Å². The lowest BCUT2D eigenvalue weighted by atomic mass is 10.2. The highest BCUT2D eigenvalue weighted by Gasteiger charge is 2.33. The van der Waals surface area contributed by atoms with E-state index in [2.05, 4.69) is 4.98 Å². The monoisotopic (exact) mass is 465 g/mol. The molecule has 32 heavy (non-hydrogen) atoms. The van der Waals surface area contributed by atoms with E-state index in [0.29, 0.717) is 4.90 Å². The number of hydrogen-bond donors (Lipinski definition) is 0. The maximum absolute atomic E-state index is 12.7. The van der Waals surface area contributed by atoms with Crippen LogP contribution in [0, 0.1) is 10.1 Å². The predicted molar refractivity (Wildman–Crippen MR) is 117 cm³/mol. The summed E-state index contributed by atoms with van der Waals surface area (Å²) in [7, 11) is 0. The summed E-state index contributed by atoms with van der Waals surface area (Å²) < 4.78 is 16.3. The van der Waals surface area contributed by atoms with Gasteiger partial charge in [-0.3, -0.25) is 10.1 Å². The standard InChI is InChI=1S/C21H24ClN3O7/c1-20(2,3)31-18(26)24(19(27)32-21(4,5)6)17-12-14(9-10-23-17)30-16-8-7-13(25(28)29)11-15(16)22/h7-12H,1-6H3. The largest absolute Gasteiger partial charge is 0.456 e. The summed E-state index contributed by atoms with van der Waals surface area (Å²) in [6.07, 6.45) is -0.652. The molecule has 0 unspecified atom stereocenters. The average molecular weight is 466 g/mol. The fraction of sp³-hybridized carbons (Fsp3) is 0.381. The molecule has 0 radical (unpaired) electrons. The predicted octanol–water partition coefficient (Wildman–Crippen LogP) is 6.11. The van der Waals surface area contributed by atoms with Gasteiger partial charge in [0, 0.05) is 24.4 Å². The van der Waals surface area contributed by atoms with E-state index in [1.165, 1.54) is 30.5 Å². The Hall–Kier alpha value is -3.40. The highest BCUT2D eigenvalue weighted by atomic mass is 35.5. The molecule has 2 amide bonds. The van der Waals surface area contributed by atoms with Crippen molar-refractivity contribution in [1.29, 1.82) is 0 Å². The summed E-state index contributed by atoms with van der Waals surface area (Å²) >= 11 is 6.07. The Morgan fingerprint density at radius 2 is 1.56 bits per heavy atom. The van der Waals surface area contributed by atoms with Crippen LogP contribution < -0.4 is 9.64 Å². The van der Waals surface area contributed by atoms with E-state index < -0.39 is 28.3 Å². The summed E-state index contributed by atoms with van der Waals surface area (Å²) in [5, 5.41) is 10.9. The second-order valence-electron chi connectivity index (χ2n) is 8.62. The Kier molecular flexibility index (Phi) is 7.30. The zero-order chi connectivity index (χ0) is 24.3. The van der Waals surface area contributed by atoms with Crippen molar-refractivity contribution in [2.45, 2.75) is 52.7 Å². The molecule has 172 valence electrons. The molecule has 10 nitrogen and oxygen atoms in total.